The Morgan fingerprint density at radius 1 is 0.406 bits per heavy atom. The number of nitrogens with zero attached hydrogens (tertiary/aromatic N) is 2. The molecule has 0 saturated carbocycles. The van der Waals surface area contributed by atoms with Crippen LogP contribution in [0.4, 0.5) is 17.1 Å². The van der Waals surface area contributed by atoms with Crippen LogP contribution in [0, 0.1) is 5.92 Å². The molecule has 1 heterocycles. The number of rotatable bonds is 8. The minimum absolute atomic E-state index is 0.238. The number of allylic oxidation sites excluding steroid dienone is 1. The Morgan fingerprint density at radius 3 is 1.88 bits per heavy atom. The highest BCUT2D eigenvalue weighted by molar-refractivity contribution is 6.11. The van der Waals surface area contributed by atoms with Crippen LogP contribution in [0.2, 0.25) is 0 Å². The van der Waals surface area contributed by atoms with E-state index < -0.39 is 0 Å². The molecule has 0 radical (unpaired) electrons. The van der Waals surface area contributed by atoms with Gasteiger partial charge in [-0.25, -0.2) is 0 Å². The van der Waals surface area contributed by atoms with E-state index in [0.717, 1.165) is 28.3 Å². The van der Waals surface area contributed by atoms with Gasteiger partial charge >= 0.3 is 0 Å². The van der Waals surface area contributed by atoms with E-state index in [1.165, 1.54) is 87.9 Å². The fourth-order valence-electron chi connectivity index (χ4n) is 11.3. The molecule has 2 heteroatoms. The first kappa shape index (κ1) is 40.5. The molecule has 0 aliphatic heterocycles. The third-order valence-corrected chi connectivity index (χ3v) is 14.5. The molecule has 1 aliphatic carbocycles. The summed E-state index contributed by atoms with van der Waals surface area (Å²) in [6.45, 7) is 2.35. The monoisotopic (exact) mass is 880 g/mol. The van der Waals surface area contributed by atoms with Crippen molar-refractivity contribution >= 4 is 66.5 Å². The largest absolute Gasteiger partial charge is 0.310 e. The predicted octanol–water partition coefficient (Wildman–Crippen LogP) is 18.4. The summed E-state index contributed by atoms with van der Waals surface area (Å²) in [5.41, 5.74) is 18.1. The quantitative estimate of drug-likeness (QED) is 0.148. The summed E-state index contributed by atoms with van der Waals surface area (Å²) >= 11 is 0. The lowest BCUT2D eigenvalue weighted by atomic mass is 9.75. The third kappa shape index (κ3) is 6.95. The summed E-state index contributed by atoms with van der Waals surface area (Å²) in [7, 11) is 0. The minimum Gasteiger partial charge on any atom is -0.310 e. The van der Waals surface area contributed by atoms with Gasteiger partial charge in [-0.15, -0.1) is 0 Å². The van der Waals surface area contributed by atoms with Crippen LogP contribution >= 0.6 is 0 Å². The minimum atomic E-state index is 0.238. The zero-order chi connectivity index (χ0) is 45.8. The fraction of sp³-hybridized carbons (Fsp3) is 0.0448. The summed E-state index contributed by atoms with van der Waals surface area (Å²) in [5.74, 6) is 0.588. The van der Waals surface area contributed by atoms with Crippen LogP contribution in [0.15, 0.2) is 255 Å². The Kier molecular flexibility index (Phi) is 9.91. The molecule has 0 saturated heterocycles. The molecule has 13 rings (SSSR count). The van der Waals surface area contributed by atoms with Crippen molar-refractivity contribution in [3.63, 3.8) is 0 Å². The summed E-state index contributed by atoms with van der Waals surface area (Å²) in [4.78, 5) is 2.47. The lowest BCUT2D eigenvalue weighted by molar-refractivity contribution is 0.619. The van der Waals surface area contributed by atoms with Gasteiger partial charge in [-0.05, 0) is 133 Å². The van der Waals surface area contributed by atoms with E-state index in [4.69, 9.17) is 0 Å². The fourth-order valence-corrected chi connectivity index (χ4v) is 11.3. The number of hydrogen-bond donors (Lipinski definition) is 0. The van der Waals surface area contributed by atoms with Crippen molar-refractivity contribution in [1.29, 1.82) is 0 Å². The first-order valence-electron chi connectivity index (χ1n) is 24.1. The Balaban J connectivity index is 0.981. The van der Waals surface area contributed by atoms with Crippen molar-refractivity contribution in [3.05, 3.63) is 271 Å². The molecule has 12 aromatic rings. The van der Waals surface area contributed by atoms with Gasteiger partial charge < -0.3 is 9.47 Å². The van der Waals surface area contributed by atoms with Crippen molar-refractivity contribution in [1.82, 2.24) is 4.57 Å². The number of para-hydroxylation sites is 3. The average molecular weight is 881 g/mol. The maximum Gasteiger partial charge on any atom is 0.0541 e. The maximum absolute atomic E-state index is 2.47. The molecule has 0 N–H and O–H groups in total. The molecule has 0 fully saturated rings. The van der Waals surface area contributed by atoms with Crippen molar-refractivity contribution in [2.24, 2.45) is 5.92 Å². The van der Waals surface area contributed by atoms with Crippen LogP contribution in [0.1, 0.15) is 29.5 Å². The zero-order valence-electron chi connectivity index (χ0n) is 38.4. The normalized spacial score (nSPS) is 14.4. The van der Waals surface area contributed by atoms with Crippen LogP contribution in [-0.4, -0.2) is 4.57 Å². The molecule has 0 spiro atoms. The van der Waals surface area contributed by atoms with E-state index in [-0.39, 0.29) is 5.92 Å². The Bertz CT molecular complexity index is 3910. The summed E-state index contributed by atoms with van der Waals surface area (Å²) in [6.07, 6.45) is 4.74. The molecule has 1 aliphatic rings. The van der Waals surface area contributed by atoms with E-state index in [2.05, 4.69) is 277 Å². The van der Waals surface area contributed by atoms with Crippen LogP contribution in [-0.2, 0) is 0 Å². The molecular formula is C67H48N2. The van der Waals surface area contributed by atoms with Gasteiger partial charge in [-0.1, -0.05) is 207 Å². The van der Waals surface area contributed by atoms with Gasteiger partial charge in [-0.2, -0.15) is 0 Å². The molecule has 69 heavy (non-hydrogen) atoms. The van der Waals surface area contributed by atoms with Gasteiger partial charge in [0.05, 0.1) is 16.7 Å². The number of anilines is 3. The van der Waals surface area contributed by atoms with Gasteiger partial charge in [0.2, 0.25) is 0 Å². The van der Waals surface area contributed by atoms with Crippen molar-refractivity contribution in [2.45, 2.75) is 12.8 Å². The molecule has 326 valence electrons. The number of aromatic nitrogens is 1. The highest BCUT2D eigenvalue weighted by atomic mass is 15.1. The summed E-state index contributed by atoms with van der Waals surface area (Å²) in [5, 5.41) is 7.54. The average Bonchev–Trinajstić information content (AvgIpc) is 3.75. The Hall–Kier alpha value is -8.72. The second-order valence-corrected chi connectivity index (χ2v) is 18.5. The van der Waals surface area contributed by atoms with Crippen molar-refractivity contribution in [2.75, 3.05) is 4.90 Å². The number of hydrogen-bond acceptors (Lipinski definition) is 1. The maximum atomic E-state index is 2.47. The highest BCUT2D eigenvalue weighted by Gasteiger charge is 2.27. The third-order valence-electron chi connectivity index (χ3n) is 14.5. The van der Waals surface area contributed by atoms with E-state index in [1.54, 1.807) is 0 Å². The Morgan fingerprint density at radius 2 is 1.04 bits per heavy atom. The molecule has 11 aromatic carbocycles. The smallest absolute Gasteiger partial charge is 0.0541 e. The van der Waals surface area contributed by atoms with Crippen LogP contribution in [0.3, 0.4) is 0 Å². The molecule has 2 atom stereocenters. The lowest BCUT2D eigenvalue weighted by Gasteiger charge is -2.31. The molecule has 2 unspecified atom stereocenters. The van der Waals surface area contributed by atoms with E-state index in [1.807, 2.05) is 0 Å². The van der Waals surface area contributed by atoms with E-state index >= 15 is 0 Å². The van der Waals surface area contributed by atoms with Gasteiger partial charge in [0.1, 0.15) is 0 Å². The van der Waals surface area contributed by atoms with E-state index in [0.29, 0.717) is 5.92 Å². The van der Waals surface area contributed by atoms with Crippen molar-refractivity contribution < 1.29 is 0 Å². The van der Waals surface area contributed by atoms with E-state index in [9.17, 15) is 0 Å². The SMILES string of the molecule is CC1C=Cc2c(ccc3ccccc23)C1c1ccc(N(c2cccc(-c3ccc4c(c3)c3ccccc3n4-c3ccccc3)c2)c2ccccc2-c2cccc3cccc(-c4ccccc4)c23)cc1. The second-order valence-electron chi connectivity index (χ2n) is 18.5. The summed E-state index contributed by atoms with van der Waals surface area (Å²) < 4.78 is 2.38. The predicted molar refractivity (Wildman–Crippen MR) is 293 cm³/mol. The van der Waals surface area contributed by atoms with Crippen LogP contribution in [0.5, 0.6) is 0 Å². The molecule has 0 bridgehead atoms. The topological polar surface area (TPSA) is 8.17 Å². The standard InChI is InChI=1S/C67H48N2/c1-45-33-40-57-55-26-9-8-19-47(55)36-41-61(57)66(45)49-34-38-53(39-35-49)68(63-31-12-10-27-58(63)60-30-16-21-48-20-15-29-56(67(48)60)46-17-4-2-5-18-46)54-25-14-22-50(43-54)51-37-42-65-62(44-51)59-28-11-13-32-64(59)69(65)52-23-6-3-7-24-52/h2-45,66H,1H3. The number of fused-ring (bicyclic) bond motifs is 7. The molecule has 1 aromatic heterocycles. The molecule has 0 amide bonds. The first-order chi connectivity index (χ1) is 34.2. The lowest BCUT2D eigenvalue weighted by Crippen LogP contribution is -2.15. The summed E-state index contributed by atoms with van der Waals surface area (Å²) in [6, 6.07) is 91.5. The van der Waals surface area contributed by atoms with Crippen LogP contribution < -0.4 is 4.90 Å². The second kappa shape index (κ2) is 16.9. The highest BCUT2D eigenvalue weighted by Crippen LogP contribution is 2.47. The van der Waals surface area contributed by atoms with Gasteiger partial charge in [0.15, 0.2) is 0 Å². The van der Waals surface area contributed by atoms with Crippen molar-refractivity contribution in [3.8, 4) is 39.1 Å². The molecular weight excluding hydrogens is 833 g/mol. The van der Waals surface area contributed by atoms with Gasteiger partial charge in [0.25, 0.3) is 0 Å². The molecule has 2 nitrogen and oxygen atoms in total. The van der Waals surface area contributed by atoms with Gasteiger partial charge in [-0.3, -0.25) is 0 Å². The first-order valence-corrected chi connectivity index (χ1v) is 24.1. The number of benzene rings is 11. The Labute approximate surface area is 403 Å². The van der Waals surface area contributed by atoms with Gasteiger partial charge in [0, 0.05) is 39.3 Å². The zero-order valence-corrected chi connectivity index (χ0v) is 38.4. The van der Waals surface area contributed by atoms with Crippen LogP contribution in [0.25, 0.3) is 88.5 Å².